The highest BCUT2D eigenvalue weighted by Gasteiger charge is 2.13. The number of rotatable bonds is 4. The molecule has 0 radical (unpaired) electrons. The molecule has 0 saturated heterocycles. The maximum absolute atomic E-state index is 11.6. The normalized spacial score (nSPS) is 11.9. The number of hydrogen-bond donors (Lipinski definition) is 0. The SMILES string of the molecule is CC(Br)C(=O)c1ccc(C=O)c(C=O)c1. The molecule has 0 heterocycles. The van der Waals surface area contributed by atoms with Crippen molar-refractivity contribution in [3.8, 4) is 0 Å². The van der Waals surface area contributed by atoms with E-state index in [1.54, 1.807) is 6.92 Å². The molecule has 0 aliphatic heterocycles. The van der Waals surface area contributed by atoms with Gasteiger partial charge in [0.25, 0.3) is 0 Å². The molecule has 3 nitrogen and oxygen atoms in total. The van der Waals surface area contributed by atoms with Gasteiger partial charge in [0.1, 0.15) is 0 Å². The Morgan fingerprint density at radius 3 is 2.33 bits per heavy atom. The number of halogens is 1. The smallest absolute Gasteiger partial charge is 0.176 e. The summed E-state index contributed by atoms with van der Waals surface area (Å²) < 4.78 is 0. The van der Waals surface area contributed by atoms with E-state index < -0.39 is 0 Å². The van der Waals surface area contributed by atoms with Crippen LogP contribution in [-0.4, -0.2) is 23.2 Å². The minimum absolute atomic E-state index is 0.115. The minimum atomic E-state index is -0.306. The number of Topliss-reactive ketones (excluding diaryl/α,β-unsaturated/α-hetero) is 1. The predicted octanol–water partition coefficient (Wildman–Crippen LogP) is 2.28. The van der Waals surface area contributed by atoms with Crippen LogP contribution in [0.15, 0.2) is 18.2 Å². The zero-order chi connectivity index (χ0) is 11.4. The second-order valence-corrected chi connectivity index (χ2v) is 4.43. The summed E-state index contributed by atoms with van der Waals surface area (Å²) in [5.74, 6) is -0.115. The lowest BCUT2D eigenvalue weighted by Crippen LogP contribution is -2.10. The van der Waals surface area contributed by atoms with Crippen molar-refractivity contribution < 1.29 is 14.4 Å². The number of ketones is 1. The average molecular weight is 269 g/mol. The van der Waals surface area contributed by atoms with Crippen molar-refractivity contribution >= 4 is 34.3 Å². The number of carbonyl (C=O) groups excluding carboxylic acids is 3. The van der Waals surface area contributed by atoms with Crippen LogP contribution in [-0.2, 0) is 0 Å². The maximum atomic E-state index is 11.6. The van der Waals surface area contributed by atoms with Gasteiger partial charge in [0.2, 0.25) is 0 Å². The lowest BCUT2D eigenvalue weighted by Gasteiger charge is -2.04. The summed E-state index contributed by atoms with van der Waals surface area (Å²) >= 11 is 3.15. The van der Waals surface area contributed by atoms with Gasteiger partial charge in [-0.25, -0.2) is 0 Å². The van der Waals surface area contributed by atoms with E-state index in [1.165, 1.54) is 18.2 Å². The molecule has 1 aromatic carbocycles. The zero-order valence-electron chi connectivity index (χ0n) is 8.07. The van der Waals surface area contributed by atoms with Crippen molar-refractivity contribution in [1.29, 1.82) is 0 Å². The first kappa shape index (κ1) is 11.8. The first-order valence-corrected chi connectivity index (χ1v) is 5.24. The summed E-state index contributed by atoms with van der Waals surface area (Å²) in [6, 6.07) is 4.44. The fraction of sp³-hybridized carbons (Fsp3) is 0.182. The minimum Gasteiger partial charge on any atom is -0.298 e. The molecule has 0 fully saturated rings. The fourth-order valence-corrected chi connectivity index (χ4v) is 1.43. The first-order chi connectivity index (χ1) is 7.10. The van der Waals surface area contributed by atoms with Gasteiger partial charge in [-0.15, -0.1) is 0 Å². The lowest BCUT2D eigenvalue weighted by molar-refractivity contribution is 0.0995. The Labute approximate surface area is 95.6 Å². The molecule has 1 aromatic rings. The number of carbonyl (C=O) groups is 3. The second kappa shape index (κ2) is 4.98. The summed E-state index contributed by atoms with van der Waals surface area (Å²) in [6.07, 6.45) is 1.16. The van der Waals surface area contributed by atoms with Gasteiger partial charge in [-0.05, 0) is 13.0 Å². The van der Waals surface area contributed by atoms with Crippen LogP contribution in [0.25, 0.3) is 0 Å². The molecule has 0 aromatic heterocycles. The Hall–Kier alpha value is -1.29. The van der Waals surface area contributed by atoms with E-state index >= 15 is 0 Å². The lowest BCUT2D eigenvalue weighted by atomic mass is 10.0. The van der Waals surface area contributed by atoms with Gasteiger partial charge in [0.05, 0.1) is 4.83 Å². The van der Waals surface area contributed by atoms with Crippen molar-refractivity contribution in [3.63, 3.8) is 0 Å². The maximum Gasteiger partial charge on any atom is 0.176 e. The first-order valence-electron chi connectivity index (χ1n) is 4.33. The molecule has 0 saturated carbocycles. The number of alkyl halides is 1. The van der Waals surface area contributed by atoms with Crippen LogP contribution in [0.3, 0.4) is 0 Å². The van der Waals surface area contributed by atoms with Crippen LogP contribution in [0.5, 0.6) is 0 Å². The molecule has 78 valence electrons. The Kier molecular flexibility index (Phi) is 3.91. The summed E-state index contributed by atoms with van der Waals surface area (Å²) in [7, 11) is 0. The van der Waals surface area contributed by atoms with E-state index in [1.807, 2.05) is 0 Å². The van der Waals surface area contributed by atoms with Crippen molar-refractivity contribution in [2.75, 3.05) is 0 Å². The van der Waals surface area contributed by atoms with E-state index in [4.69, 9.17) is 0 Å². The molecular formula is C11H9BrO3. The monoisotopic (exact) mass is 268 g/mol. The van der Waals surface area contributed by atoms with Crippen LogP contribution in [0.4, 0.5) is 0 Å². The molecule has 0 bridgehead atoms. The molecular weight excluding hydrogens is 260 g/mol. The average Bonchev–Trinajstić information content (AvgIpc) is 2.26. The van der Waals surface area contributed by atoms with Gasteiger partial charge in [-0.2, -0.15) is 0 Å². The third-order valence-corrected chi connectivity index (χ3v) is 2.40. The Morgan fingerprint density at radius 1 is 1.27 bits per heavy atom. The van der Waals surface area contributed by atoms with Crippen LogP contribution in [0.1, 0.15) is 38.0 Å². The van der Waals surface area contributed by atoms with Crippen molar-refractivity contribution in [3.05, 3.63) is 34.9 Å². The third kappa shape index (κ3) is 2.59. The standard InChI is InChI=1S/C11H9BrO3/c1-7(12)11(15)8-2-3-9(5-13)10(4-8)6-14/h2-7H,1H3. The summed E-state index contributed by atoms with van der Waals surface area (Å²) in [6.45, 7) is 1.70. The highest BCUT2D eigenvalue weighted by molar-refractivity contribution is 9.10. The number of hydrogen-bond acceptors (Lipinski definition) is 3. The molecule has 0 amide bonds. The fourth-order valence-electron chi connectivity index (χ4n) is 1.17. The van der Waals surface area contributed by atoms with Crippen molar-refractivity contribution in [2.45, 2.75) is 11.8 Å². The molecule has 0 aliphatic rings. The summed E-state index contributed by atoms with van der Waals surface area (Å²) in [4.78, 5) is 32.5. The molecule has 15 heavy (non-hydrogen) atoms. The van der Waals surface area contributed by atoms with Gasteiger partial charge < -0.3 is 0 Å². The van der Waals surface area contributed by atoms with E-state index in [0.29, 0.717) is 23.7 Å². The largest absolute Gasteiger partial charge is 0.298 e. The van der Waals surface area contributed by atoms with E-state index in [0.717, 1.165) is 0 Å². The number of benzene rings is 1. The van der Waals surface area contributed by atoms with Crippen LogP contribution < -0.4 is 0 Å². The summed E-state index contributed by atoms with van der Waals surface area (Å²) in [5, 5.41) is 0. The van der Waals surface area contributed by atoms with E-state index in [2.05, 4.69) is 15.9 Å². The molecule has 1 rings (SSSR count). The van der Waals surface area contributed by atoms with Gasteiger partial charge in [0, 0.05) is 16.7 Å². The molecule has 4 heteroatoms. The van der Waals surface area contributed by atoms with Gasteiger partial charge in [-0.3, -0.25) is 14.4 Å². The van der Waals surface area contributed by atoms with Gasteiger partial charge in [-0.1, -0.05) is 28.1 Å². The van der Waals surface area contributed by atoms with Crippen LogP contribution >= 0.6 is 15.9 Å². The number of aldehydes is 2. The Morgan fingerprint density at radius 2 is 1.87 bits per heavy atom. The molecule has 0 aliphatic carbocycles. The molecule has 0 N–H and O–H groups in total. The van der Waals surface area contributed by atoms with Gasteiger partial charge in [0.15, 0.2) is 18.4 Å². The highest BCUT2D eigenvalue weighted by atomic mass is 79.9. The topological polar surface area (TPSA) is 51.2 Å². The molecule has 1 unspecified atom stereocenters. The van der Waals surface area contributed by atoms with Gasteiger partial charge >= 0.3 is 0 Å². The zero-order valence-corrected chi connectivity index (χ0v) is 9.65. The Bertz CT molecular complexity index is 410. The second-order valence-electron chi connectivity index (χ2n) is 3.06. The molecule has 1 atom stereocenters. The molecule has 0 spiro atoms. The van der Waals surface area contributed by atoms with E-state index in [-0.39, 0.29) is 16.2 Å². The van der Waals surface area contributed by atoms with E-state index in [9.17, 15) is 14.4 Å². The van der Waals surface area contributed by atoms with Crippen molar-refractivity contribution in [2.24, 2.45) is 0 Å². The van der Waals surface area contributed by atoms with Crippen LogP contribution in [0.2, 0.25) is 0 Å². The quantitative estimate of drug-likeness (QED) is 0.478. The third-order valence-electron chi connectivity index (χ3n) is 1.99. The highest BCUT2D eigenvalue weighted by Crippen LogP contribution is 2.13. The summed E-state index contributed by atoms with van der Waals surface area (Å²) in [5.41, 5.74) is 0.958. The van der Waals surface area contributed by atoms with Crippen molar-refractivity contribution in [1.82, 2.24) is 0 Å². The van der Waals surface area contributed by atoms with Crippen LogP contribution in [0, 0.1) is 0 Å². The predicted molar refractivity (Wildman–Crippen MR) is 59.9 cm³/mol. The Balaban J connectivity index is 3.19.